The van der Waals surface area contributed by atoms with Crippen LogP contribution in [0.3, 0.4) is 0 Å². The van der Waals surface area contributed by atoms with Gasteiger partial charge in [-0.1, -0.05) is 41.6 Å². The molecule has 1 rings (SSSR count). The quantitative estimate of drug-likeness (QED) is 0.603. The van der Waals surface area contributed by atoms with E-state index in [1.165, 1.54) is 5.56 Å². The highest BCUT2D eigenvalue weighted by Gasteiger charge is 2.11. The molecule has 66 valence electrons. The summed E-state index contributed by atoms with van der Waals surface area (Å²) >= 11 is 9.52. The molecule has 0 bridgehead atoms. The van der Waals surface area contributed by atoms with E-state index in [2.05, 4.69) is 12.2 Å². The molecule has 1 nitrogen and oxygen atoms in total. The van der Waals surface area contributed by atoms with Crippen LogP contribution in [-0.2, 0) is 16.3 Å². The van der Waals surface area contributed by atoms with E-state index in [4.69, 9.17) is 16.3 Å². The standard InChI is InChI=1S/C8H11OPS2/c1-7-3-5-8(6-4-7)10(11,12)9-2/h3-6H,1-2H3,(H,11,12). The molecule has 0 heterocycles. The number of rotatable bonds is 2. The first kappa shape index (κ1) is 10.3. The Kier molecular flexibility index (Phi) is 3.36. The number of hydrogen-bond donors (Lipinski definition) is 1. The van der Waals surface area contributed by atoms with Crippen LogP contribution in [0.2, 0.25) is 0 Å². The normalized spacial score (nSPS) is 15.6. The highest BCUT2D eigenvalue weighted by atomic mass is 32.9. The Morgan fingerprint density at radius 2 is 1.83 bits per heavy atom. The van der Waals surface area contributed by atoms with Crippen molar-refractivity contribution in [2.45, 2.75) is 6.92 Å². The number of aryl methyl sites for hydroxylation is 1. The van der Waals surface area contributed by atoms with Gasteiger partial charge in [0.25, 0.3) is 0 Å². The summed E-state index contributed by atoms with van der Waals surface area (Å²) in [4.78, 5) is 0. The second-order valence-electron chi connectivity index (χ2n) is 2.54. The average Bonchev–Trinajstić information content (AvgIpc) is 2.05. The predicted octanol–water partition coefficient (Wildman–Crippen LogP) is 2.51. The van der Waals surface area contributed by atoms with Crippen molar-refractivity contribution in [3.63, 3.8) is 0 Å². The molecule has 0 amide bonds. The molecule has 0 saturated carbocycles. The highest BCUT2D eigenvalue weighted by molar-refractivity contribution is 8.64. The summed E-state index contributed by atoms with van der Waals surface area (Å²) in [5.74, 6) is 0. The van der Waals surface area contributed by atoms with E-state index in [0.717, 1.165) is 5.30 Å². The molecule has 0 aliphatic rings. The van der Waals surface area contributed by atoms with E-state index >= 15 is 0 Å². The second-order valence-corrected chi connectivity index (χ2v) is 8.51. The minimum absolute atomic E-state index is 1.01. The summed E-state index contributed by atoms with van der Waals surface area (Å²) < 4.78 is 5.15. The third-order valence-electron chi connectivity index (χ3n) is 1.61. The molecule has 1 atom stereocenters. The molecule has 0 N–H and O–H groups in total. The van der Waals surface area contributed by atoms with Gasteiger partial charge in [0.15, 0.2) is 0 Å². The third kappa shape index (κ3) is 2.33. The van der Waals surface area contributed by atoms with E-state index in [-0.39, 0.29) is 0 Å². The van der Waals surface area contributed by atoms with Crippen LogP contribution in [0.25, 0.3) is 0 Å². The summed E-state index contributed by atoms with van der Waals surface area (Å²) in [6.07, 6.45) is 0. The minimum atomic E-state index is -2.02. The first-order chi connectivity index (χ1) is 5.56. The van der Waals surface area contributed by atoms with Gasteiger partial charge in [-0.05, 0) is 6.92 Å². The van der Waals surface area contributed by atoms with Gasteiger partial charge in [-0.3, -0.25) is 0 Å². The summed E-state index contributed by atoms with van der Waals surface area (Å²) in [5, 5.41) is 1.01. The third-order valence-corrected chi connectivity index (χ3v) is 5.32. The zero-order valence-corrected chi connectivity index (χ0v) is 9.63. The van der Waals surface area contributed by atoms with Crippen LogP contribution in [0.15, 0.2) is 24.3 Å². The van der Waals surface area contributed by atoms with E-state index in [0.29, 0.717) is 0 Å². The fourth-order valence-electron chi connectivity index (χ4n) is 0.839. The van der Waals surface area contributed by atoms with Crippen molar-refractivity contribution in [2.24, 2.45) is 0 Å². The van der Waals surface area contributed by atoms with Crippen molar-refractivity contribution in [2.75, 3.05) is 7.11 Å². The fraction of sp³-hybridized carbons (Fsp3) is 0.250. The molecular formula is C8H11OPS2. The molecule has 0 aliphatic carbocycles. The van der Waals surface area contributed by atoms with Gasteiger partial charge in [-0.2, -0.15) is 0 Å². The smallest absolute Gasteiger partial charge is 0.145 e. The first-order valence-corrected chi connectivity index (χ1v) is 7.39. The van der Waals surface area contributed by atoms with Crippen molar-refractivity contribution < 1.29 is 4.52 Å². The first-order valence-electron chi connectivity index (χ1n) is 3.52. The van der Waals surface area contributed by atoms with Gasteiger partial charge < -0.3 is 4.52 Å². The van der Waals surface area contributed by atoms with Crippen LogP contribution >= 0.6 is 17.7 Å². The van der Waals surface area contributed by atoms with Crippen LogP contribution in [0.1, 0.15) is 5.56 Å². The molecule has 0 aliphatic heterocycles. The lowest BCUT2D eigenvalue weighted by Crippen LogP contribution is -2.00. The molecule has 1 aromatic rings. The Morgan fingerprint density at radius 3 is 2.25 bits per heavy atom. The van der Waals surface area contributed by atoms with E-state index in [1.54, 1.807) is 7.11 Å². The maximum atomic E-state index is 5.21. The van der Waals surface area contributed by atoms with Crippen molar-refractivity contribution in [3.8, 4) is 0 Å². The van der Waals surface area contributed by atoms with E-state index in [1.807, 2.05) is 31.2 Å². The highest BCUT2D eigenvalue weighted by Crippen LogP contribution is 2.49. The molecule has 0 aromatic heterocycles. The molecule has 0 radical (unpaired) electrons. The zero-order chi connectivity index (χ0) is 9.19. The molecule has 1 unspecified atom stereocenters. The molecular weight excluding hydrogens is 207 g/mol. The second kappa shape index (κ2) is 3.93. The van der Waals surface area contributed by atoms with Crippen molar-refractivity contribution in [3.05, 3.63) is 29.8 Å². The average molecular weight is 218 g/mol. The van der Waals surface area contributed by atoms with Crippen LogP contribution < -0.4 is 5.30 Å². The molecule has 1 aromatic carbocycles. The largest absolute Gasteiger partial charge is 0.342 e. The Bertz CT molecular complexity index is 307. The molecule has 4 heteroatoms. The number of hydrogen-bond acceptors (Lipinski definition) is 2. The van der Waals surface area contributed by atoms with Crippen LogP contribution in [0.4, 0.5) is 0 Å². The summed E-state index contributed by atoms with van der Waals surface area (Å²) in [6, 6.07) is 8.00. The lowest BCUT2D eigenvalue weighted by molar-refractivity contribution is 0.477. The van der Waals surface area contributed by atoms with E-state index in [9.17, 15) is 0 Å². The van der Waals surface area contributed by atoms with Gasteiger partial charge in [0.05, 0.1) is 0 Å². The topological polar surface area (TPSA) is 9.23 Å². The number of thiol groups is 1. The van der Waals surface area contributed by atoms with Crippen molar-refractivity contribution >= 4 is 34.8 Å². The summed E-state index contributed by atoms with van der Waals surface area (Å²) in [7, 11) is 1.60. The van der Waals surface area contributed by atoms with Gasteiger partial charge in [-0.25, -0.2) is 0 Å². The Balaban J connectivity index is 3.05. The lowest BCUT2D eigenvalue weighted by Gasteiger charge is -2.13. The van der Waals surface area contributed by atoms with Crippen molar-refractivity contribution in [1.82, 2.24) is 0 Å². The van der Waals surface area contributed by atoms with Crippen LogP contribution in [-0.4, -0.2) is 7.11 Å². The van der Waals surface area contributed by atoms with Crippen LogP contribution in [0.5, 0.6) is 0 Å². The van der Waals surface area contributed by atoms with Gasteiger partial charge in [-0.15, -0.1) is 12.2 Å². The Morgan fingerprint density at radius 1 is 1.33 bits per heavy atom. The van der Waals surface area contributed by atoms with E-state index < -0.39 is 5.47 Å². The summed E-state index contributed by atoms with van der Waals surface area (Å²) in [5.41, 5.74) is -0.797. The van der Waals surface area contributed by atoms with Gasteiger partial charge in [0.2, 0.25) is 0 Å². The van der Waals surface area contributed by atoms with Gasteiger partial charge >= 0.3 is 0 Å². The summed E-state index contributed by atoms with van der Waals surface area (Å²) in [6.45, 7) is 2.04. The molecule has 0 fully saturated rings. The monoisotopic (exact) mass is 218 g/mol. The van der Waals surface area contributed by atoms with Gasteiger partial charge in [0.1, 0.15) is 5.47 Å². The lowest BCUT2D eigenvalue weighted by atomic mass is 10.2. The molecule has 12 heavy (non-hydrogen) atoms. The van der Waals surface area contributed by atoms with Gasteiger partial charge in [0, 0.05) is 12.4 Å². The minimum Gasteiger partial charge on any atom is -0.342 e. The van der Waals surface area contributed by atoms with Crippen LogP contribution in [0, 0.1) is 6.92 Å². The fourth-order valence-corrected chi connectivity index (χ4v) is 2.34. The maximum absolute atomic E-state index is 5.21. The van der Waals surface area contributed by atoms with Crippen molar-refractivity contribution in [1.29, 1.82) is 0 Å². The maximum Gasteiger partial charge on any atom is 0.145 e. The Hall–Kier alpha value is 0.180. The zero-order valence-electron chi connectivity index (χ0n) is 7.02. The molecule has 0 spiro atoms. The SMILES string of the molecule is COP(=S)(S)c1ccc(C)cc1. The number of benzene rings is 1. The predicted molar refractivity (Wildman–Crippen MR) is 61.1 cm³/mol. The molecule has 0 saturated heterocycles. The Labute approximate surface area is 83.4 Å².